The van der Waals surface area contributed by atoms with E-state index >= 15 is 0 Å². The Hall–Kier alpha value is -0.340. The molecule has 2 aliphatic rings. The molecule has 2 rings (SSSR count). The Bertz CT molecular complexity index is 346. The molecule has 22 heavy (non-hydrogen) atoms. The number of piperidine rings is 1. The smallest absolute Gasteiger partial charge is 0.191 e. The fraction of sp³-hybridized carbons (Fsp3) is 0.812. The van der Waals surface area contributed by atoms with Gasteiger partial charge in [0.1, 0.15) is 0 Å². The highest BCUT2D eigenvalue weighted by Crippen LogP contribution is 2.16. The lowest BCUT2D eigenvalue weighted by Gasteiger charge is -2.32. The minimum Gasteiger partial charge on any atom is -0.383 e. The Morgan fingerprint density at radius 1 is 1.27 bits per heavy atom. The minimum absolute atomic E-state index is 0. The Labute approximate surface area is 152 Å². The molecule has 0 aromatic rings. The Kier molecular flexibility index (Phi) is 10.1. The maximum Gasteiger partial charge on any atom is 0.191 e. The zero-order chi connectivity index (χ0) is 14.9. The second kappa shape index (κ2) is 11.2. The van der Waals surface area contributed by atoms with Crippen molar-refractivity contribution in [1.29, 1.82) is 0 Å². The third kappa shape index (κ3) is 6.83. The number of nitrogens with one attached hydrogen (secondary N) is 2. The maximum absolute atomic E-state index is 5.15. The zero-order valence-corrected chi connectivity index (χ0v) is 16.2. The van der Waals surface area contributed by atoms with Crippen LogP contribution in [0.5, 0.6) is 0 Å². The largest absolute Gasteiger partial charge is 0.383 e. The standard InChI is InChI=1S/C16H30N4O.HI/c1-17-16(19-15-5-3-4-6-15)18-13-14-7-9-20(10-8-14)11-12-21-2;/h3-4,14-15H,5-13H2,1-2H3,(H2,17,18,19);1H. The molecular weight excluding hydrogens is 391 g/mol. The van der Waals surface area contributed by atoms with Crippen LogP contribution in [0.2, 0.25) is 0 Å². The van der Waals surface area contributed by atoms with Crippen LogP contribution in [-0.4, -0.2) is 63.8 Å². The van der Waals surface area contributed by atoms with E-state index in [9.17, 15) is 0 Å². The first kappa shape index (κ1) is 19.7. The van der Waals surface area contributed by atoms with Gasteiger partial charge in [-0.25, -0.2) is 0 Å². The molecule has 1 aliphatic heterocycles. The van der Waals surface area contributed by atoms with Crippen LogP contribution < -0.4 is 10.6 Å². The number of ether oxygens (including phenoxy) is 1. The van der Waals surface area contributed by atoms with E-state index < -0.39 is 0 Å². The zero-order valence-electron chi connectivity index (χ0n) is 13.9. The van der Waals surface area contributed by atoms with Crippen molar-refractivity contribution in [2.75, 3.05) is 46.9 Å². The van der Waals surface area contributed by atoms with Crippen molar-refractivity contribution in [2.45, 2.75) is 31.7 Å². The van der Waals surface area contributed by atoms with Crippen molar-refractivity contribution in [3.8, 4) is 0 Å². The van der Waals surface area contributed by atoms with Crippen molar-refractivity contribution in [2.24, 2.45) is 10.9 Å². The van der Waals surface area contributed by atoms with Gasteiger partial charge >= 0.3 is 0 Å². The molecule has 0 saturated carbocycles. The van der Waals surface area contributed by atoms with E-state index in [4.69, 9.17) is 4.74 Å². The molecule has 1 saturated heterocycles. The SMILES string of the molecule is CN=C(NCC1CCN(CCOC)CC1)NC1CC=CC1.I. The summed E-state index contributed by atoms with van der Waals surface area (Å²) in [6.07, 6.45) is 9.22. The van der Waals surface area contributed by atoms with E-state index in [-0.39, 0.29) is 24.0 Å². The second-order valence-electron chi connectivity index (χ2n) is 6.02. The third-order valence-electron chi connectivity index (χ3n) is 4.45. The normalized spacial score (nSPS) is 20.9. The van der Waals surface area contributed by atoms with Crippen molar-refractivity contribution >= 4 is 29.9 Å². The van der Waals surface area contributed by atoms with Gasteiger partial charge in [-0.05, 0) is 44.7 Å². The number of guanidine groups is 1. The molecule has 0 spiro atoms. The summed E-state index contributed by atoms with van der Waals surface area (Å²) in [5.41, 5.74) is 0. The van der Waals surface area contributed by atoms with Crippen molar-refractivity contribution in [1.82, 2.24) is 15.5 Å². The van der Waals surface area contributed by atoms with Crippen LogP contribution in [0, 0.1) is 5.92 Å². The number of methoxy groups -OCH3 is 1. The van der Waals surface area contributed by atoms with Crippen LogP contribution in [0.3, 0.4) is 0 Å². The number of halogens is 1. The molecule has 0 radical (unpaired) electrons. The van der Waals surface area contributed by atoms with Gasteiger partial charge in [0.05, 0.1) is 6.61 Å². The Morgan fingerprint density at radius 3 is 2.55 bits per heavy atom. The monoisotopic (exact) mass is 422 g/mol. The van der Waals surface area contributed by atoms with E-state index in [1.807, 2.05) is 7.05 Å². The Balaban J connectivity index is 0.00000242. The van der Waals surface area contributed by atoms with Crippen molar-refractivity contribution in [3.05, 3.63) is 12.2 Å². The van der Waals surface area contributed by atoms with E-state index in [0.29, 0.717) is 6.04 Å². The van der Waals surface area contributed by atoms with Crippen LogP contribution in [0.25, 0.3) is 0 Å². The summed E-state index contributed by atoms with van der Waals surface area (Å²) in [5.74, 6) is 1.70. The molecule has 1 heterocycles. The summed E-state index contributed by atoms with van der Waals surface area (Å²) in [7, 11) is 3.63. The molecule has 1 fully saturated rings. The summed E-state index contributed by atoms with van der Waals surface area (Å²) in [4.78, 5) is 6.83. The Morgan fingerprint density at radius 2 is 1.95 bits per heavy atom. The number of hydrogen-bond donors (Lipinski definition) is 2. The van der Waals surface area contributed by atoms with Gasteiger partial charge in [-0.15, -0.1) is 24.0 Å². The molecule has 0 aromatic carbocycles. The highest BCUT2D eigenvalue weighted by atomic mass is 127. The molecule has 128 valence electrons. The number of nitrogens with zero attached hydrogens (tertiary/aromatic N) is 2. The number of aliphatic imine (C=N–C) groups is 1. The van der Waals surface area contributed by atoms with Gasteiger partial charge in [-0.2, -0.15) is 0 Å². The van der Waals surface area contributed by atoms with Crippen LogP contribution in [-0.2, 0) is 4.74 Å². The molecule has 2 N–H and O–H groups in total. The molecule has 0 atom stereocenters. The summed E-state index contributed by atoms with van der Waals surface area (Å²) in [5, 5.41) is 6.98. The van der Waals surface area contributed by atoms with Gasteiger partial charge in [-0.1, -0.05) is 12.2 Å². The van der Waals surface area contributed by atoms with Gasteiger partial charge < -0.3 is 20.3 Å². The summed E-state index contributed by atoms with van der Waals surface area (Å²) < 4.78 is 5.15. The molecule has 0 aromatic heterocycles. The lowest BCUT2D eigenvalue weighted by molar-refractivity contribution is 0.121. The van der Waals surface area contributed by atoms with Gasteiger partial charge in [-0.3, -0.25) is 4.99 Å². The lowest BCUT2D eigenvalue weighted by Crippen LogP contribution is -2.45. The first-order valence-corrected chi connectivity index (χ1v) is 8.15. The molecule has 0 amide bonds. The lowest BCUT2D eigenvalue weighted by atomic mass is 9.97. The predicted octanol–water partition coefficient (Wildman–Crippen LogP) is 1.85. The molecule has 6 heteroatoms. The topological polar surface area (TPSA) is 48.9 Å². The fourth-order valence-corrected chi connectivity index (χ4v) is 3.00. The average Bonchev–Trinajstić information content (AvgIpc) is 3.03. The molecule has 0 bridgehead atoms. The van der Waals surface area contributed by atoms with Crippen molar-refractivity contribution < 1.29 is 4.74 Å². The van der Waals surface area contributed by atoms with Gasteiger partial charge in [0.25, 0.3) is 0 Å². The van der Waals surface area contributed by atoms with Crippen LogP contribution >= 0.6 is 24.0 Å². The fourth-order valence-electron chi connectivity index (χ4n) is 3.00. The van der Waals surface area contributed by atoms with Crippen LogP contribution in [0.4, 0.5) is 0 Å². The third-order valence-corrected chi connectivity index (χ3v) is 4.45. The van der Waals surface area contributed by atoms with Crippen LogP contribution in [0.1, 0.15) is 25.7 Å². The highest BCUT2D eigenvalue weighted by Gasteiger charge is 2.19. The first-order valence-electron chi connectivity index (χ1n) is 8.15. The van der Waals surface area contributed by atoms with E-state index in [1.54, 1.807) is 7.11 Å². The maximum atomic E-state index is 5.15. The predicted molar refractivity (Wildman–Crippen MR) is 103 cm³/mol. The van der Waals surface area contributed by atoms with Crippen molar-refractivity contribution in [3.63, 3.8) is 0 Å². The first-order chi connectivity index (χ1) is 10.3. The van der Waals surface area contributed by atoms with E-state index in [0.717, 1.165) is 44.4 Å². The average molecular weight is 422 g/mol. The second-order valence-corrected chi connectivity index (χ2v) is 6.02. The number of likely N-dealkylation sites (tertiary alicyclic amines) is 1. The summed E-state index contributed by atoms with van der Waals surface area (Å²) in [6.45, 7) is 5.31. The summed E-state index contributed by atoms with van der Waals surface area (Å²) in [6, 6.07) is 0.520. The van der Waals surface area contributed by atoms with Gasteiger partial charge in [0.2, 0.25) is 0 Å². The molecule has 5 nitrogen and oxygen atoms in total. The van der Waals surface area contributed by atoms with Gasteiger partial charge in [0, 0.05) is 33.3 Å². The van der Waals surface area contributed by atoms with E-state index in [2.05, 4.69) is 32.7 Å². The molecule has 0 unspecified atom stereocenters. The summed E-state index contributed by atoms with van der Waals surface area (Å²) >= 11 is 0. The highest BCUT2D eigenvalue weighted by molar-refractivity contribution is 14.0. The molecular formula is C16H31IN4O. The van der Waals surface area contributed by atoms with E-state index in [1.165, 1.54) is 25.9 Å². The van der Waals surface area contributed by atoms with Crippen LogP contribution in [0.15, 0.2) is 17.1 Å². The van der Waals surface area contributed by atoms with Gasteiger partial charge in [0.15, 0.2) is 5.96 Å². The minimum atomic E-state index is 0. The number of hydrogen-bond acceptors (Lipinski definition) is 3. The quantitative estimate of drug-likeness (QED) is 0.297. The number of rotatable bonds is 6. The molecule has 1 aliphatic carbocycles.